The fourth-order valence-corrected chi connectivity index (χ4v) is 4.11. The Morgan fingerprint density at radius 2 is 1.78 bits per heavy atom. The van der Waals surface area contributed by atoms with E-state index in [0.29, 0.717) is 6.54 Å². The van der Waals surface area contributed by atoms with Crippen LogP contribution in [0.25, 0.3) is 11.3 Å². The lowest BCUT2D eigenvalue weighted by atomic mass is 9.97. The molecule has 0 fully saturated rings. The molecule has 0 saturated carbocycles. The average Bonchev–Trinajstić information content (AvgIpc) is 3.22. The van der Waals surface area contributed by atoms with Gasteiger partial charge in [0.05, 0.1) is 18.8 Å². The van der Waals surface area contributed by atoms with E-state index >= 15 is 0 Å². The number of carbonyl (C=O) groups excluding carboxylic acids is 1. The highest BCUT2D eigenvalue weighted by molar-refractivity contribution is 5.78. The van der Waals surface area contributed by atoms with Gasteiger partial charge in [-0.3, -0.25) is 4.90 Å². The molecule has 0 saturated heterocycles. The maximum atomic E-state index is 12.5. The minimum absolute atomic E-state index is 0.0167. The molecule has 2 heterocycles. The first-order chi connectivity index (χ1) is 15.5. The van der Waals surface area contributed by atoms with E-state index in [1.54, 1.807) is 10.9 Å². The third-order valence-electron chi connectivity index (χ3n) is 5.84. The van der Waals surface area contributed by atoms with E-state index in [9.17, 15) is 9.59 Å². The molecule has 0 radical (unpaired) electrons. The Kier molecular flexibility index (Phi) is 6.37. The third-order valence-corrected chi connectivity index (χ3v) is 5.84. The number of esters is 1. The summed E-state index contributed by atoms with van der Waals surface area (Å²) < 4.78 is 8.10. The minimum Gasteiger partial charge on any atom is -0.468 e. The third kappa shape index (κ3) is 4.29. The largest absolute Gasteiger partial charge is 0.468 e. The smallest absolute Gasteiger partial charge is 0.350 e. The normalized spacial score (nSPS) is 15.4. The fourth-order valence-electron chi connectivity index (χ4n) is 4.11. The molecule has 1 unspecified atom stereocenters. The summed E-state index contributed by atoms with van der Waals surface area (Å²) in [5.41, 5.74) is 3.93. The molecule has 3 aromatic rings. The summed E-state index contributed by atoms with van der Waals surface area (Å²) in [4.78, 5) is 27.1. The lowest BCUT2D eigenvalue weighted by Gasteiger charge is -2.32. The number of ether oxygens (including phenoxy) is 1. The quantitative estimate of drug-likeness (QED) is 0.557. The summed E-state index contributed by atoms with van der Waals surface area (Å²) >= 11 is 0. The van der Waals surface area contributed by atoms with Crippen LogP contribution in [0.3, 0.4) is 0 Å². The number of aromatic nitrogens is 3. The molecule has 7 heteroatoms. The number of nitrogens with zero attached hydrogens (tertiary/aromatic N) is 4. The number of rotatable bonds is 6. The van der Waals surface area contributed by atoms with Crippen molar-refractivity contribution >= 4 is 11.5 Å². The SMILES string of the molecule is COC(=O)C(c1ccccc1)N1CC=C(c2ccc(-n3cnn(C(C)C)c3=O)cc2)CC1. The summed E-state index contributed by atoms with van der Waals surface area (Å²) in [6.45, 7) is 5.28. The number of methoxy groups -OCH3 is 1. The highest BCUT2D eigenvalue weighted by Gasteiger charge is 2.29. The van der Waals surface area contributed by atoms with Gasteiger partial charge in [-0.25, -0.2) is 18.8 Å². The van der Waals surface area contributed by atoms with Crippen molar-refractivity contribution in [1.29, 1.82) is 0 Å². The van der Waals surface area contributed by atoms with Crippen LogP contribution in [-0.2, 0) is 9.53 Å². The van der Waals surface area contributed by atoms with Gasteiger partial charge in [0.2, 0.25) is 0 Å². The molecule has 0 spiro atoms. The van der Waals surface area contributed by atoms with Crippen molar-refractivity contribution in [1.82, 2.24) is 19.2 Å². The number of carbonyl (C=O) groups is 1. The Balaban J connectivity index is 1.51. The Morgan fingerprint density at radius 1 is 1.06 bits per heavy atom. The summed E-state index contributed by atoms with van der Waals surface area (Å²) in [6.07, 6.45) is 4.55. The van der Waals surface area contributed by atoms with Crippen molar-refractivity contribution in [3.63, 3.8) is 0 Å². The van der Waals surface area contributed by atoms with Gasteiger partial charge in [0.1, 0.15) is 12.4 Å². The van der Waals surface area contributed by atoms with E-state index < -0.39 is 6.04 Å². The van der Waals surface area contributed by atoms with Gasteiger partial charge in [-0.2, -0.15) is 5.10 Å². The predicted octanol–water partition coefficient (Wildman–Crippen LogP) is 3.62. The van der Waals surface area contributed by atoms with Crippen LogP contribution in [0.5, 0.6) is 0 Å². The fraction of sp³-hybridized carbons (Fsp3) is 0.320. The van der Waals surface area contributed by atoms with Crippen molar-refractivity contribution in [2.24, 2.45) is 0 Å². The van der Waals surface area contributed by atoms with Crippen LogP contribution in [0.15, 0.2) is 71.8 Å². The van der Waals surface area contributed by atoms with Crippen molar-refractivity contribution in [3.8, 4) is 5.69 Å². The van der Waals surface area contributed by atoms with E-state index in [2.05, 4.69) is 16.1 Å². The first-order valence-electron chi connectivity index (χ1n) is 10.8. The first kappa shape index (κ1) is 21.8. The van der Waals surface area contributed by atoms with Crippen molar-refractivity contribution < 1.29 is 9.53 Å². The summed E-state index contributed by atoms with van der Waals surface area (Å²) in [5, 5.41) is 4.19. The molecular weight excluding hydrogens is 404 g/mol. The lowest BCUT2D eigenvalue weighted by molar-refractivity contribution is -0.147. The maximum absolute atomic E-state index is 12.5. The standard InChI is InChI=1S/C25H28N4O3/c1-18(2)29-25(31)28(17-26-29)22-11-9-19(10-12-22)20-13-15-27(16-14-20)23(24(30)32-3)21-7-5-4-6-8-21/h4-13,17-18,23H,14-16H2,1-3H3. The van der Waals surface area contributed by atoms with Gasteiger partial charge in [-0.05, 0) is 49.1 Å². The molecule has 0 N–H and O–H groups in total. The average molecular weight is 433 g/mol. The van der Waals surface area contributed by atoms with Crippen LogP contribution in [-0.4, -0.2) is 45.4 Å². The van der Waals surface area contributed by atoms with Gasteiger partial charge in [0, 0.05) is 13.1 Å². The monoisotopic (exact) mass is 432 g/mol. The molecule has 0 aliphatic carbocycles. The zero-order chi connectivity index (χ0) is 22.7. The minimum atomic E-state index is -0.411. The molecule has 1 aromatic heterocycles. The first-order valence-corrected chi connectivity index (χ1v) is 10.8. The van der Waals surface area contributed by atoms with Crippen molar-refractivity contribution in [3.05, 3.63) is 88.6 Å². The predicted molar refractivity (Wildman–Crippen MR) is 124 cm³/mol. The van der Waals surface area contributed by atoms with Gasteiger partial charge >= 0.3 is 11.7 Å². The summed E-state index contributed by atoms with van der Waals surface area (Å²) in [7, 11) is 1.43. The van der Waals surface area contributed by atoms with Gasteiger partial charge < -0.3 is 4.74 Å². The second-order valence-electron chi connectivity index (χ2n) is 8.18. The Bertz CT molecular complexity index is 1160. The molecule has 2 aromatic carbocycles. The Hall–Kier alpha value is -3.45. The molecule has 1 aliphatic heterocycles. The van der Waals surface area contributed by atoms with Crippen LogP contribution in [0, 0.1) is 0 Å². The molecule has 1 aliphatic rings. The van der Waals surface area contributed by atoms with E-state index in [0.717, 1.165) is 29.8 Å². The van der Waals surface area contributed by atoms with Crippen LogP contribution in [0.1, 0.15) is 43.5 Å². The maximum Gasteiger partial charge on any atom is 0.350 e. The highest BCUT2D eigenvalue weighted by atomic mass is 16.5. The molecule has 4 rings (SSSR count). The molecule has 32 heavy (non-hydrogen) atoms. The van der Waals surface area contributed by atoms with Gasteiger partial charge in [0.25, 0.3) is 0 Å². The number of hydrogen-bond donors (Lipinski definition) is 0. The highest BCUT2D eigenvalue weighted by Crippen LogP contribution is 2.29. The van der Waals surface area contributed by atoms with Crippen molar-refractivity contribution in [2.75, 3.05) is 20.2 Å². The lowest BCUT2D eigenvalue weighted by Crippen LogP contribution is -2.37. The van der Waals surface area contributed by atoms with Gasteiger partial charge in [-0.15, -0.1) is 0 Å². The summed E-state index contributed by atoms with van der Waals surface area (Å²) in [6, 6.07) is 17.3. The van der Waals surface area contributed by atoms with Crippen molar-refractivity contribution in [2.45, 2.75) is 32.4 Å². The van der Waals surface area contributed by atoms with E-state index in [-0.39, 0.29) is 17.7 Å². The molecule has 0 amide bonds. The zero-order valence-corrected chi connectivity index (χ0v) is 18.6. The molecule has 1 atom stereocenters. The second-order valence-corrected chi connectivity index (χ2v) is 8.18. The molecular formula is C25H28N4O3. The van der Waals surface area contributed by atoms with Gasteiger partial charge in [0.15, 0.2) is 0 Å². The van der Waals surface area contributed by atoms with Crippen LogP contribution in [0.2, 0.25) is 0 Å². The number of hydrogen-bond acceptors (Lipinski definition) is 5. The van der Waals surface area contributed by atoms with E-state index in [4.69, 9.17) is 4.74 Å². The molecule has 166 valence electrons. The summed E-state index contributed by atoms with van der Waals surface area (Å²) in [5.74, 6) is -0.246. The second kappa shape index (κ2) is 9.36. The van der Waals surface area contributed by atoms with Gasteiger partial charge in [-0.1, -0.05) is 48.5 Å². The Labute approximate surface area is 187 Å². The van der Waals surface area contributed by atoms with Crippen LogP contribution in [0.4, 0.5) is 0 Å². The Morgan fingerprint density at radius 3 is 2.34 bits per heavy atom. The zero-order valence-electron chi connectivity index (χ0n) is 18.6. The van der Waals surface area contributed by atoms with Crippen LogP contribution < -0.4 is 5.69 Å². The topological polar surface area (TPSA) is 69.4 Å². The van der Waals surface area contributed by atoms with Crippen LogP contribution >= 0.6 is 0 Å². The van der Waals surface area contributed by atoms with E-state index in [1.165, 1.54) is 17.4 Å². The molecule has 7 nitrogen and oxygen atoms in total. The number of benzene rings is 2. The van der Waals surface area contributed by atoms with E-state index in [1.807, 2.05) is 68.4 Å². The molecule has 0 bridgehead atoms.